The average Bonchev–Trinajstić information content (AvgIpc) is 2.42. The normalized spacial score (nSPS) is 10.2. The van der Waals surface area contributed by atoms with Crippen LogP contribution in [0.15, 0.2) is 36.4 Å². The molecule has 0 aromatic heterocycles. The summed E-state index contributed by atoms with van der Waals surface area (Å²) in [6.45, 7) is -0.260. The predicted molar refractivity (Wildman–Crippen MR) is 81.4 cm³/mol. The predicted octanol–water partition coefficient (Wildman–Crippen LogP) is 3.73. The van der Waals surface area contributed by atoms with Gasteiger partial charge in [-0.25, -0.2) is 4.39 Å². The number of halogens is 3. The van der Waals surface area contributed by atoms with Gasteiger partial charge in [-0.2, -0.15) is 0 Å². The van der Waals surface area contributed by atoms with Gasteiger partial charge in [0.05, 0.1) is 16.4 Å². The molecule has 2 rings (SSSR count). The van der Waals surface area contributed by atoms with E-state index in [1.807, 2.05) is 0 Å². The van der Waals surface area contributed by atoms with E-state index in [0.29, 0.717) is 10.8 Å². The molecule has 0 aliphatic carbocycles. The van der Waals surface area contributed by atoms with Crippen molar-refractivity contribution in [2.75, 3.05) is 17.7 Å². The first-order chi connectivity index (χ1) is 9.95. The first-order valence-corrected chi connectivity index (χ1v) is 6.64. The molecule has 0 unspecified atom stereocenters. The lowest BCUT2D eigenvalue weighted by atomic mass is 10.2. The standard InChI is InChI=1S/C14H11Cl2FN2O2/c15-8-5-11(16)14(12(18)6-8)19-13(20)7-21-10-3-1-9(17)2-4-10/h1-6H,7,18H2,(H,19,20). The molecule has 7 heteroatoms. The van der Waals surface area contributed by atoms with Crippen LogP contribution in [-0.4, -0.2) is 12.5 Å². The van der Waals surface area contributed by atoms with Gasteiger partial charge in [0, 0.05) is 5.02 Å². The number of benzene rings is 2. The van der Waals surface area contributed by atoms with Gasteiger partial charge in [-0.05, 0) is 36.4 Å². The molecule has 2 aromatic carbocycles. The molecule has 0 aliphatic rings. The Morgan fingerprint density at radius 2 is 1.90 bits per heavy atom. The minimum absolute atomic E-state index is 0.232. The van der Waals surface area contributed by atoms with Crippen LogP contribution < -0.4 is 15.8 Å². The molecule has 2 aromatic rings. The van der Waals surface area contributed by atoms with Crippen LogP contribution in [0.3, 0.4) is 0 Å². The zero-order valence-electron chi connectivity index (χ0n) is 10.7. The molecule has 0 saturated heterocycles. The fourth-order valence-corrected chi connectivity index (χ4v) is 2.14. The summed E-state index contributed by atoms with van der Waals surface area (Å²) >= 11 is 11.7. The van der Waals surface area contributed by atoms with Crippen LogP contribution in [0.25, 0.3) is 0 Å². The smallest absolute Gasteiger partial charge is 0.262 e. The molecule has 3 N–H and O–H groups in total. The summed E-state index contributed by atoms with van der Waals surface area (Å²) in [6, 6.07) is 8.26. The zero-order valence-corrected chi connectivity index (χ0v) is 12.2. The Bertz CT molecular complexity index is 640. The summed E-state index contributed by atoms with van der Waals surface area (Å²) in [5.74, 6) is -0.454. The molecule has 0 saturated carbocycles. The second-order valence-electron chi connectivity index (χ2n) is 4.14. The Balaban J connectivity index is 1.97. The molecule has 110 valence electrons. The highest BCUT2D eigenvalue weighted by molar-refractivity contribution is 6.37. The van der Waals surface area contributed by atoms with Gasteiger partial charge in [0.15, 0.2) is 6.61 Å². The van der Waals surface area contributed by atoms with Crippen LogP contribution in [0, 0.1) is 5.82 Å². The van der Waals surface area contributed by atoms with E-state index in [-0.39, 0.29) is 28.8 Å². The zero-order chi connectivity index (χ0) is 15.4. The van der Waals surface area contributed by atoms with Gasteiger partial charge in [-0.1, -0.05) is 23.2 Å². The lowest BCUT2D eigenvalue weighted by Gasteiger charge is -2.11. The minimum Gasteiger partial charge on any atom is -0.484 e. The van der Waals surface area contributed by atoms with E-state index in [1.165, 1.54) is 36.4 Å². The van der Waals surface area contributed by atoms with Crippen molar-refractivity contribution in [1.82, 2.24) is 0 Å². The summed E-state index contributed by atoms with van der Waals surface area (Å²) in [4.78, 5) is 11.8. The Morgan fingerprint density at radius 3 is 2.52 bits per heavy atom. The molecule has 0 spiro atoms. The van der Waals surface area contributed by atoms with Crippen molar-refractivity contribution in [2.45, 2.75) is 0 Å². The molecule has 4 nitrogen and oxygen atoms in total. The third-order valence-corrected chi connectivity index (χ3v) is 3.05. The van der Waals surface area contributed by atoms with Crippen molar-refractivity contribution in [1.29, 1.82) is 0 Å². The summed E-state index contributed by atoms with van der Waals surface area (Å²) < 4.78 is 17.9. The van der Waals surface area contributed by atoms with Gasteiger partial charge in [0.1, 0.15) is 11.6 Å². The van der Waals surface area contributed by atoms with E-state index in [1.54, 1.807) is 0 Å². The first kappa shape index (κ1) is 15.4. The number of carbonyl (C=O) groups is 1. The van der Waals surface area contributed by atoms with E-state index in [2.05, 4.69) is 5.32 Å². The Morgan fingerprint density at radius 1 is 1.24 bits per heavy atom. The van der Waals surface area contributed by atoms with Crippen molar-refractivity contribution >= 4 is 40.5 Å². The second-order valence-corrected chi connectivity index (χ2v) is 4.99. The highest BCUT2D eigenvalue weighted by atomic mass is 35.5. The lowest BCUT2D eigenvalue weighted by Crippen LogP contribution is -2.21. The fraction of sp³-hybridized carbons (Fsp3) is 0.0714. The SMILES string of the molecule is Nc1cc(Cl)cc(Cl)c1NC(=O)COc1ccc(F)cc1. The van der Waals surface area contributed by atoms with Gasteiger partial charge in [0.25, 0.3) is 5.91 Å². The Labute approximate surface area is 130 Å². The van der Waals surface area contributed by atoms with Crippen LogP contribution in [-0.2, 0) is 4.79 Å². The Hall–Kier alpha value is -1.98. The quantitative estimate of drug-likeness (QED) is 0.840. The van der Waals surface area contributed by atoms with Crippen molar-refractivity contribution in [3.63, 3.8) is 0 Å². The number of nitrogens with one attached hydrogen (secondary N) is 1. The fourth-order valence-electron chi connectivity index (χ4n) is 1.58. The first-order valence-electron chi connectivity index (χ1n) is 5.88. The molecular weight excluding hydrogens is 318 g/mol. The number of amides is 1. The van der Waals surface area contributed by atoms with Crippen molar-refractivity contribution in [3.8, 4) is 5.75 Å². The molecule has 0 aliphatic heterocycles. The van der Waals surface area contributed by atoms with Crippen molar-refractivity contribution in [3.05, 3.63) is 52.3 Å². The maximum absolute atomic E-state index is 12.7. The molecule has 0 bridgehead atoms. The number of nitrogen functional groups attached to an aromatic ring is 1. The van der Waals surface area contributed by atoms with Crippen LogP contribution in [0.2, 0.25) is 10.0 Å². The lowest BCUT2D eigenvalue weighted by molar-refractivity contribution is -0.118. The molecular formula is C14H11Cl2FN2O2. The summed E-state index contributed by atoms with van der Waals surface area (Å²) in [5, 5.41) is 3.14. The minimum atomic E-state index is -0.449. The van der Waals surface area contributed by atoms with Gasteiger partial charge in [0.2, 0.25) is 0 Å². The maximum Gasteiger partial charge on any atom is 0.262 e. The number of nitrogens with two attached hydrogens (primary N) is 1. The number of hydrogen-bond donors (Lipinski definition) is 2. The summed E-state index contributed by atoms with van der Waals surface area (Å²) in [5.41, 5.74) is 6.25. The maximum atomic E-state index is 12.7. The van der Waals surface area contributed by atoms with Crippen LogP contribution in [0.4, 0.5) is 15.8 Å². The number of ether oxygens (including phenoxy) is 1. The van der Waals surface area contributed by atoms with Gasteiger partial charge >= 0.3 is 0 Å². The van der Waals surface area contributed by atoms with Crippen LogP contribution in [0.1, 0.15) is 0 Å². The molecule has 0 atom stereocenters. The van der Waals surface area contributed by atoms with E-state index < -0.39 is 5.91 Å². The summed E-state index contributed by atoms with van der Waals surface area (Å²) in [7, 11) is 0. The largest absolute Gasteiger partial charge is 0.484 e. The van der Waals surface area contributed by atoms with Gasteiger partial charge in [-0.15, -0.1) is 0 Å². The third kappa shape index (κ3) is 4.24. The molecule has 0 radical (unpaired) electrons. The number of hydrogen-bond acceptors (Lipinski definition) is 3. The number of carbonyl (C=O) groups excluding carboxylic acids is 1. The second kappa shape index (κ2) is 6.65. The Kier molecular flexibility index (Phi) is 4.88. The van der Waals surface area contributed by atoms with Crippen molar-refractivity contribution in [2.24, 2.45) is 0 Å². The van der Waals surface area contributed by atoms with E-state index in [4.69, 9.17) is 33.7 Å². The van der Waals surface area contributed by atoms with E-state index >= 15 is 0 Å². The molecule has 1 amide bonds. The van der Waals surface area contributed by atoms with Crippen LogP contribution in [0.5, 0.6) is 5.75 Å². The van der Waals surface area contributed by atoms with Gasteiger partial charge < -0.3 is 15.8 Å². The van der Waals surface area contributed by atoms with Crippen LogP contribution >= 0.6 is 23.2 Å². The molecule has 0 heterocycles. The highest BCUT2D eigenvalue weighted by Gasteiger charge is 2.11. The third-order valence-electron chi connectivity index (χ3n) is 2.53. The summed E-state index contributed by atoms with van der Waals surface area (Å²) in [6.07, 6.45) is 0. The number of rotatable bonds is 4. The van der Waals surface area contributed by atoms with Gasteiger partial charge in [-0.3, -0.25) is 4.79 Å². The highest BCUT2D eigenvalue weighted by Crippen LogP contribution is 2.31. The average molecular weight is 329 g/mol. The van der Waals surface area contributed by atoms with E-state index in [9.17, 15) is 9.18 Å². The molecule has 21 heavy (non-hydrogen) atoms. The van der Waals surface area contributed by atoms with E-state index in [0.717, 1.165) is 0 Å². The molecule has 0 fully saturated rings. The van der Waals surface area contributed by atoms with Crippen molar-refractivity contribution < 1.29 is 13.9 Å². The number of anilines is 2. The monoisotopic (exact) mass is 328 g/mol. The topological polar surface area (TPSA) is 64.3 Å².